The lowest BCUT2D eigenvalue weighted by molar-refractivity contribution is -0.122. The molecule has 0 aliphatic carbocycles. The van der Waals surface area contributed by atoms with Crippen molar-refractivity contribution in [3.05, 3.63) is 63.4 Å². The van der Waals surface area contributed by atoms with Crippen molar-refractivity contribution in [1.29, 1.82) is 0 Å². The molecular weight excluding hydrogens is 432 g/mol. The fourth-order valence-corrected chi connectivity index (χ4v) is 3.88. The first-order valence-corrected chi connectivity index (χ1v) is 10.0. The second kappa shape index (κ2) is 8.08. The van der Waals surface area contributed by atoms with E-state index in [1.165, 1.54) is 30.3 Å². The van der Waals surface area contributed by atoms with Gasteiger partial charge in [0, 0.05) is 24.3 Å². The van der Waals surface area contributed by atoms with Gasteiger partial charge in [-0.1, -0.05) is 29.3 Å². The first kappa shape index (κ1) is 20.4. The van der Waals surface area contributed by atoms with Crippen LogP contribution in [-0.2, 0) is 9.59 Å². The number of urea groups is 1. The van der Waals surface area contributed by atoms with Crippen molar-refractivity contribution in [3.8, 4) is 0 Å². The molecule has 2 aromatic rings. The number of anilines is 2. The van der Waals surface area contributed by atoms with Crippen LogP contribution >= 0.6 is 23.2 Å². The molecule has 2 aliphatic heterocycles. The summed E-state index contributed by atoms with van der Waals surface area (Å²) in [6.45, 7) is 1.72. The van der Waals surface area contributed by atoms with E-state index >= 15 is 0 Å². The van der Waals surface area contributed by atoms with Crippen LogP contribution in [0.3, 0.4) is 0 Å². The van der Waals surface area contributed by atoms with Crippen molar-refractivity contribution in [2.75, 3.05) is 22.9 Å². The summed E-state index contributed by atoms with van der Waals surface area (Å²) in [5, 5.41) is 2.20. The molecule has 2 saturated heterocycles. The first-order chi connectivity index (χ1) is 14.4. The van der Waals surface area contributed by atoms with E-state index in [-0.39, 0.29) is 21.3 Å². The highest BCUT2D eigenvalue weighted by Crippen LogP contribution is 2.34. The van der Waals surface area contributed by atoms with Gasteiger partial charge in [0.1, 0.15) is 11.4 Å². The van der Waals surface area contributed by atoms with Gasteiger partial charge in [0.2, 0.25) is 0 Å². The van der Waals surface area contributed by atoms with Crippen LogP contribution in [0.5, 0.6) is 0 Å². The fraction of sp³-hybridized carbons (Fsp3) is 0.190. The molecule has 154 valence electrons. The zero-order valence-electron chi connectivity index (χ0n) is 15.6. The van der Waals surface area contributed by atoms with Gasteiger partial charge < -0.3 is 4.90 Å². The molecule has 0 radical (unpaired) electrons. The number of benzene rings is 2. The highest BCUT2D eigenvalue weighted by atomic mass is 35.5. The summed E-state index contributed by atoms with van der Waals surface area (Å²) in [4.78, 5) is 40.3. The number of carbonyl (C=O) groups is 3. The summed E-state index contributed by atoms with van der Waals surface area (Å²) < 4.78 is 14.7. The van der Waals surface area contributed by atoms with E-state index in [9.17, 15) is 18.8 Å². The highest BCUT2D eigenvalue weighted by Gasteiger charge is 2.38. The third kappa shape index (κ3) is 3.66. The number of barbiturate groups is 1. The largest absolute Gasteiger partial charge is 0.371 e. The maximum atomic E-state index is 14.7. The normalized spacial score (nSPS) is 18.4. The Morgan fingerprint density at radius 2 is 1.77 bits per heavy atom. The van der Waals surface area contributed by atoms with Crippen LogP contribution in [0.1, 0.15) is 18.4 Å². The molecule has 0 aromatic heterocycles. The molecule has 2 aliphatic rings. The molecule has 0 bridgehead atoms. The van der Waals surface area contributed by atoms with Crippen LogP contribution in [0.25, 0.3) is 6.08 Å². The minimum atomic E-state index is -0.962. The topological polar surface area (TPSA) is 69.7 Å². The van der Waals surface area contributed by atoms with Crippen LogP contribution in [0.15, 0.2) is 42.0 Å². The molecule has 2 fully saturated rings. The van der Waals surface area contributed by atoms with E-state index in [4.69, 9.17) is 23.2 Å². The van der Waals surface area contributed by atoms with Crippen LogP contribution in [-0.4, -0.2) is 30.9 Å². The van der Waals surface area contributed by atoms with E-state index in [1.807, 2.05) is 0 Å². The van der Waals surface area contributed by atoms with E-state index < -0.39 is 29.2 Å². The summed E-state index contributed by atoms with van der Waals surface area (Å²) in [5.74, 6) is -2.41. The molecule has 0 unspecified atom stereocenters. The molecule has 6 nitrogen and oxygen atoms in total. The average molecular weight is 448 g/mol. The number of rotatable bonds is 3. The van der Waals surface area contributed by atoms with E-state index in [0.29, 0.717) is 4.90 Å². The molecule has 0 spiro atoms. The smallest absolute Gasteiger partial charge is 0.336 e. The Morgan fingerprint density at radius 1 is 1.03 bits per heavy atom. The van der Waals surface area contributed by atoms with Gasteiger partial charge in [-0.3, -0.25) is 14.9 Å². The summed E-state index contributed by atoms with van der Waals surface area (Å²) in [5.41, 5.74) is 0.436. The Kier molecular flexibility index (Phi) is 5.49. The number of carbonyl (C=O) groups excluding carboxylic acids is 3. The Bertz CT molecular complexity index is 1100. The number of nitrogens with one attached hydrogen (secondary N) is 1. The van der Waals surface area contributed by atoms with E-state index in [1.54, 1.807) is 6.07 Å². The van der Waals surface area contributed by atoms with Crippen molar-refractivity contribution in [3.63, 3.8) is 0 Å². The molecule has 0 saturated carbocycles. The second-order valence-corrected chi connectivity index (χ2v) is 7.72. The maximum Gasteiger partial charge on any atom is 0.336 e. The molecule has 9 heteroatoms. The van der Waals surface area contributed by atoms with Crippen LogP contribution in [0.4, 0.5) is 20.6 Å². The highest BCUT2D eigenvalue weighted by molar-refractivity contribution is 6.46. The number of nitrogens with zero attached hydrogens (tertiary/aromatic N) is 2. The number of halogens is 3. The molecule has 1 N–H and O–H groups in total. The van der Waals surface area contributed by atoms with Gasteiger partial charge in [-0.05, 0) is 49.2 Å². The van der Waals surface area contributed by atoms with Gasteiger partial charge in [0.25, 0.3) is 11.8 Å². The Morgan fingerprint density at radius 3 is 2.47 bits per heavy atom. The predicted octanol–water partition coefficient (Wildman–Crippen LogP) is 4.40. The van der Waals surface area contributed by atoms with Crippen molar-refractivity contribution in [2.45, 2.75) is 12.8 Å². The van der Waals surface area contributed by atoms with Gasteiger partial charge in [-0.15, -0.1) is 0 Å². The van der Waals surface area contributed by atoms with Gasteiger partial charge in [-0.25, -0.2) is 14.1 Å². The molecule has 0 atom stereocenters. The maximum absolute atomic E-state index is 14.7. The summed E-state index contributed by atoms with van der Waals surface area (Å²) in [6, 6.07) is 8.09. The fourth-order valence-electron chi connectivity index (χ4n) is 3.50. The zero-order valence-corrected chi connectivity index (χ0v) is 17.1. The van der Waals surface area contributed by atoms with Crippen molar-refractivity contribution < 1.29 is 18.8 Å². The van der Waals surface area contributed by atoms with Gasteiger partial charge in [0.15, 0.2) is 0 Å². The molecular formula is C21H16Cl2FN3O3. The van der Waals surface area contributed by atoms with Gasteiger partial charge in [-0.2, -0.15) is 0 Å². The molecule has 30 heavy (non-hydrogen) atoms. The van der Waals surface area contributed by atoms with Gasteiger partial charge in [0.05, 0.1) is 15.7 Å². The Hall–Kier alpha value is -2.90. The molecule has 2 aromatic carbocycles. The average Bonchev–Trinajstić information content (AvgIpc) is 3.24. The van der Waals surface area contributed by atoms with Crippen LogP contribution in [0.2, 0.25) is 10.0 Å². The van der Waals surface area contributed by atoms with Crippen LogP contribution in [0, 0.1) is 5.82 Å². The van der Waals surface area contributed by atoms with Gasteiger partial charge >= 0.3 is 6.03 Å². The van der Waals surface area contributed by atoms with Crippen molar-refractivity contribution in [2.24, 2.45) is 0 Å². The second-order valence-electron chi connectivity index (χ2n) is 6.93. The number of imide groups is 2. The lowest BCUT2D eigenvalue weighted by Gasteiger charge is -2.27. The SMILES string of the molecule is O=C1NC(=O)N(c2cccc(Cl)c2Cl)C(=O)/C1=C/c1ccc(N2CCCC2)cc1F. The summed E-state index contributed by atoms with van der Waals surface area (Å²) >= 11 is 12.1. The Labute approximate surface area is 181 Å². The molecule has 2 heterocycles. The Balaban J connectivity index is 1.70. The molecule has 4 amide bonds. The zero-order chi connectivity index (χ0) is 21.4. The van der Waals surface area contributed by atoms with E-state index in [2.05, 4.69) is 10.2 Å². The number of amides is 4. The standard InChI is InChI=1S/C21H16Cl2FN3O3/c22-15-4-3-5-17(18(15)23)27-20(29)14(19(28)25-21(27)30)10-12-6-7-13(11-16(12)24)26-8-1-2-9-26/h3-7,10-11H,1-2,8-9H2,(H,25,28,30)/b14-10+. The molecule has 4 rings (SSSR count). The lowest BCUT2D eigenvalue weighted by Crippen LogP contribution is -2.54. The van der Waals surface area contributed by atoms with Crippen molar-refractivity contribution >= 4 is 58.5 Å². The predicted molar refractivity (Wildman–Crippen MR) is 113 cm³/mol. The number of hydrogen-bond donors (Lipinski definition) is 1. The van der Waals surface area contributed by atoms with E-state index in [0.717, 1.165) is 37.7 Å². The lowest BCUT2D eigenvalue weighted by atomic mass is 10.1. The first-order valence-electron chi connectivity index (χ1n) is 9.27. The summed E-state index contributed by atoms with van der Waals surface area (Å²) in [7, 11) is 0. The minimum absolute atomic E-state index is 0.0162. The van der Waals surface area contributed by atoms with Crippen LogP contribution < -0.4 is 15.1 Å². The quantitative estimate of drug-likeness (QED) is 0.559. The summed E-state index contributed by atoms with van der Waals surface area (Å²) in [6.07, 6.45) is 3.23. The third-order valence-electron chi connectivity index (χ3n) is 5.03. The monoisotopic (exact) mass is 447 g/mol. The third-order valence-corrected chi connectivity index (χ3v) is 5.84. The minimum Gasteiger partial charge on any atom is -0.371 e. The number of hydrogen-bond acceptors (Lipinski definition) is 4. The van der Waals surface area contributed by atoms with Crippen molar-refractivity contribution in [1.82, 2.24) is 5.32 Å².